The van der Waals surface area contributed by atoms with Gasteiger partial charge in [-0.25, -0.2) is 14.7 Å². The predicted molar refractivity (Wildman–Crippen MR) is 97.6 cm³/mol. The molecule has 140 valence electrons. The van der Waals surface area contributed by atoms with Gasteiger partial charge >= 0.3 is 11.8 Å². The molecule has 0 bridgehead atoms. The summed E-state index contributed by atoms with van der Waals surface area (Å²) in [5.74, 6) is -0.400. The summed E-state index contributed by atoms with van der Waals surface area (Å²) in [7, 11) is 0. The fraction of sp³-hybridized carbons (Fsp3) is 0.471. The zero-order valence-electron chi connectivity index (χ0n) is 14.9. The number of hydrogen-bond acceptors (Lipinski definition) is 6. The fourth-order valence-electron chi connectivity index (χ4n) is 2.70. The SMILES string of the molecule is CC(C)(C)OC(=O)N1CCN(c2cc(-c3n[nH]c(=O)o3)ccc2Cl)CC1. The van der Waals surface area contributed by atoms with Crippen molar-refractivity contribution in [1.82, 2.24) is 15.1 Å². The minimum atomic E-state index is -0.609. The third-order valence-electron chi connectivity index (χ3n) is 3.90. The van der Waals surface area contributed by atoms with Gasteiger partial charge in [-0.3, -0.25) is 0 Å². The maximum absolute atomic E-state index is 12.2. The number of anilines is 1. The monoisotopic (exact) mass is 380 g/mol. The Bertz CT molecular complexity index is 847. The zero-order valence-corrected chi connectivity index (χ0v) is 15.7. The van der Waals surface area contributed by atoms with Crippen LogP contribution in [-0.2, 0) is 4.74 Å². The van der Waals surface area contributed by atoms with E-state index in [-0.39, 0.29) is 12.0 Å². The quantitative estimate of drug-likeness (QED) is 0.861. The standard InChI is InChI=1S/C17H21ClN4O4/c1-17(2,3)26-16(24)22-8-6-21(7-9-22)13-10-11(4-5-12(13)18)14-19-20-15(23)25-14/h4-5,10H,6-9H2,1-3H3,(H,20,23). The lowest BCUT2D eigenvalue weighted by Crippen LogP contribution is -2.50. The molecule has 9 heteroatoms. The van der Waals surface area contributed by atoms with Crippen molar-refractivity contribution in [2.45, 2.75) is 26.4 Å². The van der Waals surface area contributed by atoms with E-state index in [4.69, 9.17) is 20.8 Å². The molecule has 0 radical (unpaired) electrons. The lowest BCUT2D eigenvalue weighted by Gasteiger charge is -2.37. The lowest BCUT2D eigenvalue weighted by atomic mass is 10.1. The highest BCUT2D eigenvalue weighted by molar-refractivity contribution is 6.33. The van der Waals surface area contributed by atoms with Crippen LogP contribution in [0.3, 0.4) is 0 Å². The van der Waals surface area contributed by atoms with Crippen LogP contribution in [0.2, 0.25) is 5.02 Å². The minimum Gasteiger partial charge on any atom is -0.444 e. The van der Waals surface area contributed by atoms with Crippen molar-refractivity contribution in [3.63, 3.8) is 0 Å². The molecule has 1 N–H and O–H groups in total. The summed E-state index contributed by atoms with van der Waals surface area (Å²) in [5.41, 5.74) is 0.940. The maximum Gasteiger partial charge on any atom is 0.434 e. The Morgan fingerprint density at radius 1 is 1.27 bits per heavy atom. The van der Waals surface area contributed by atoms with Gasteiger partial charge in [0.05, 0.1) is 10.7 Å². The summed E-state index contributed by atoms with van der Waals surface area (Å²) in [6.45, 7) is 7.85. The molecule has 0 atom stereocenters. The van der Waals surface area contributed by atoms with Crippen LogP contribution in [0.25, 0.3) is 11.5 Å². The Hall–Kier alpha value is -2.48. The topological polar surface area (TPSA) is 91.7 Å². The highest BCUT2D eigenvalue weighted by atomic mass is 35.5. The third-order valence-corrected chi connectivity index (χ3v) is 4.22. The summed E-state index contributed by atoms with van der Waals surface area (Å²) in [5, 5.41) is 6.66. The number of nitrogens with one attached hydrogen (secondary N) is 1. The molecule has 1 saturated heterocycles. The molecule has 0 aliphatic carbocycles. The molecular formula is C17H21ClN4O4. The average Bonchev–Trinajstić information content (AvgIpc) is 3.00. The molecule has 2 heterocycles. The molecule has 1 aromatic carbocycles. The molecule has 1 aliphatic rings. The molecule has 26 heavy (non-hydrogen) atoms. The number of aromatic amines is 1. The molecule has 3 rings (SSSR count). The van der Waals surface area contributed by atoms with E-state index in [2.05, 4.69) is 15.1 Å². The van der Waals surface area contributed by atoms with Crippen LogP contribution in [0.5, 0.6) is 0 Å². The first kappa shape index (κ1) is 18.3. The van der Waals surface area contributed by atoms with Gasteiger partial charge in [0, 0.05) is 31.7 Å². The Kier molecular flexibility index (Phi) is 4.95. The van der Waals surface area contributed by atoms with E-state index in [1.54, 1.807) is 17.0 Å². The van der Waals surface area contributed by atoms with Gasteiger partial charge in [-0.1, -0.05) is 11.6 Å². The molecule has 1 fully saturated rings. The van der Waals surface area contributed by atoms with E-state index >= 15 is 0 Å². The molecule has 0 saturated carbocycles. The summed E-state index contributed by atoms with van der Waals surface area (Å²) in [6, 6.07) is 5.30. The van der Waals surface area contributed by atoms with E-state index in [0.717, 1.165) is 5.69 Å². The third kappa shape index (κ3) is 4.19. The highest BCUT2D eigenvalue weighted by Gasteiger charge is 2.26. The molecule has 1 aliphatic heterocycles. The van der Waals surface area contributed by atoms with E-state index in [1.807, 2.05) is 26.8 Å². The second-order valence-electron chi connectivity index (χ2n) is 7.04. The smallest absolute Gasteiger partial charge is 0.434 e. The summed E-state index contributed by atoms with van der Waals surface area (Å²) in [4.78, 5) is 27.1. The minimum absolute atomic E-state index is 0.209. The Balaban J connectivity index is 1.71. The van der Waals surface area contributed by atoms with Crippen molar-refractivity contribution in [1.29, 1.82) is 0 Å². The van der Waals surface area contributed by atoms with Gasteiger partial charge in [0.15, 0.2) is 0 Å². The largest absolute Gasteiger partial charge is 0.444 e. The fourth-order valence-corrected chi connectivity index (χ4v) is 2.93. The lowest BCUT2D eigenvalue weighted by molar-refractivity contribution is 0.0240. The Morgan fingerprint density at radius 2 is 1.96 bits per heavy atom. The first-order valence-electron chi connectivity index (χ1n) is 8.31. The second-order valence-corrected chi connectivity index (χ2v) is 7.45. The van der Waals surface area contributed by atoms with Gasteiger partial charge in [-0.2, -0.15) is 0 Å². The van der Waals surface area contributed by atoms with Crippen LogP contribution in [-0.4, -0.2) is 53.0 Å². The van der Waals surface area contributed by atoms with Crippen molar-refractivity contribution in [2.24, 2.45) is 0 Å². The van der Waals surface area contributed by atoms with Gasteiger partial charge < -0.3 is 19.0 Å². The van der Waals surface area contributed by atoms with Crippen LogP contribution >= 0.6 is 11.6 Å². The Morgan fingerprint density at radius 3 is 2.54 bits per heavy atom. The summed E-state index contributed by atoms with van der Waals surface area (Å²) < 4.78 is 10.4. The maximum atomic E-state index is 12.2. The van der Waals surface area contributed by atoms with E-state index in [1.165, 1.54) is 0 Å². The van der Waals surface area contributed by atoms with Crippen molar-refractivity contribution < 1.29 is 13.9 Å². The first-order chi connectivity index (χ1) is 12.2. The number of amides is 1. The van der Waals surface area contributed by atoms with Crippen LogP contribution in [0, 0.1) is 0 Å². The van der Waals surface area contributed by atoms with Crippen molar-refractivity contribution in [2.75, 3.05) is 31.1 Å². The summed E-state index contributed by atoms with van der Waals surface area (Å²) in [6.07, 6.45) is -0.310. The van der Waals surface area contributed by atoms with Crippen molar-refractivity contribution >= 4 is 23.4 Å². The normalized spacial score (nSPS) is 15.2. The number of halogens is 1. The van der Waals surface area contributed by atoms with Crippen molar-refractivity contribution in [3.05, 3.63) is 33.8 Å². The van der Waals surface area contributed by atoms with Gasteiger partial charge in [0.25, 0.3) is 0 Å². The van der Waals surface area contributed by atoms with Gasteiger partial charge in [0.1, 0.15) is 5.60 Å². The molecule has 1 aromatic heterocycles. The van der Waals surface area contributed by atoms with E-state index in [0.29, 0.717) is 36.8 Å². The highest BCUT2D eigenvalue weighted by Crippen LogP contribution is 2.31. The number of H-pyrrole nitrogens is 1. The molecule has 2 aromatic rings. The molecular weight excluding hydrogens is 360 g/mol. The number of benzene rings is 1. The molecule has 8 nitrogen and oxygen atoms in total. The van der Waals surface area contributed by atoms with Gasteiger partial charge in [0.2, 0.25) is 5.89 Å². The predicted octanol–water partition coefficient (Wildman–Crippen LogP) is 2.74. The van der Waals surface area contributed by atoms with Crippen LogP contribution in [0.15, 0.2) is 27.4 Å². The number of carbonyl (C=O) groups is 1. The number of ether oxygens (including phenoxy) is 1. The van der Waals surface area contributed by atoms with Gasteiger partial charge in [-0.05, 0) is 39.0 Å². The molecule has 0 unspecified atom stereocenters. The summed E-state index contributed by atoms with van der Waals surface area (Å²) >= 11 is 6.34. The number of aromatic nitrogens is 2. The van der Waals surface area contributed by atoms with E-state index in [9.17, 15) is 9.59 Å². The first-order valence-corrected chi connectivity index (χ1v) is 8.69. The van der Waals surface area contributed by atoms with Crippen molar-refractivity contribution in [3.8, 4) is 11.5 Å². The van der Waals surface area contributed by atoms with E-state index < -0.39 is 11.4 Å². The number of carbonyl (C=O) groups excluding carboxylic acids is 1. The zero-order chi connectivity index (χ0) is 18.9. The number of piperazine rings is 1. The number of hydrogen-bond donors (Lipinski definition) is 1. The number of rotatable bonds is 2. The van der Waals surface area contributed by atoms with Crippen LogP contribution in [0.1, 0.15) is 20.8 Å². The number of nitrogens with zero attached hydrogens (tertiary/aromatic N) is 3. The Labute approximate surface area is 155 Å². The molecule has 0 spiro atoms. The van der Waals surface area contributed by atoms with Crippen LogP contribution in [0.4, 0.5) is 10.5 Å². The van der Waals surface area contributed by atoms with Gasteiger partial charge in [-0.15, -0.1) is 5.10 Å². The average molecular weight is 381 g/mol. The second kappa shape index (κ2) is 7.03. The molecule has 1 amide bonds. The van der Waals surface area contributed by atoms with Crippen LogP contribution < -0.4 is 10.7 Å².